The summed E-state index contributed by atoms with van der Waals surface area (Å²) < 4.78 is 0. The van der Waals surface area contributed by atoms with Gasteiger partial charge in [0, 0.05) is 15.5 Å². The van der Waals surface area contributed by atoms with Crippen LogP contribution in [0.25, 0.3) is 0 Å². The summed E-state index contributed by atoms with van der Waals surface area (Å²) >= 11 is 1.59. The van der Waals surface area contributed by atoms with Gasteiger partial charge in [-0.15, -0.1) is 0 Å². The Balaban J connectivity index is 2.12. The normalized spacial score (nSPS) is 10.4. The second-order valence-electron chi connectivity index (χ2n) is 4.54. The summed E-state index contributed by atoms with van der Waals surface area (Å²) in [5.74, 6) is -0.815. The molecule has 0 aliphatic rings. The number of rotatable bonds is 5. The standard InChI is InChI=1S/C16H17NO2S/c1-2-11-5-8-15(14(17)9-11)20-13-6-3-12(4-7-13)10-16(18)19/h3-9H,2,10,17H2,1H3,(H,18,19). The quantitative estimate of drug-likeness (QED) is 0.825. The van der Waals surface area contributed by atoms with Crippen molar-refractivity contribution in [3.63, 3.8) is 0 Å². The summed E-state index contributed by atoms with van der Waals surface area (Å²) in [5, 5.41) is 8.74. The van der Waals surface area contributed by atoms with Crippen LogP contribution < -0.4 is 5.73 Å². The zero-order valence-corrected chi connectivity index (χ0v) is 12.1. The molecule has 0 unspecified atom stereocenters. The molecule has 0 radical (unpaired) electrons. The number of carboxylic acids is 1. The van der Waals surface area contributed by atoms with E-state index in [1.54, 1.807) is 11.8 Å². The maximum absolute atomic E-state index is 10.6. The van der Waals surface area contributed by atoms with Crippen molar-refractivity contribution in [1.82, 2.24) is 0 Å². The molecule has 2 aromatic rings. The van der Waals surface area contributed by atoms with Gasteiger partial charge in [-0.25, -0.2) is 0 Å². The molecular formula is C16H17NO2S. The van der Waals surface area contributed by atoms with E-state index in [1.807, 2.05) is 36.4 Å². The van der Waals surface area contributed by atoms with E-state index in [0.29, 0.717) is 0 Å². The fourth-order valence-corrected chi connectivity index (χ4v) is 2.73. The molecule has 3 N–H and O–H groups in total. The highest BCUT2D eigenvalue weighted by Gasteiger charge is 2.04. The Kier molecular flexibility index (Phi) is 4.69. The summed E-state index contributed by atoms with van der Waals surface area (Å²) in [6.07, 6.45) is 1.03. The molecule has 2 aromatic carbocycles. The molecule has 0 aliphatic carbocycles. The van der Waals surface area contributed by atoms with Crippen molar-refractivity contribution in [2.45, 2.75) is 29.6 Å². The molecule has 0 fully saturated rings. The van der Waals surface area contributed by atoms with Gasteiger partial charge in [0.1, 0.15) is 0 Å². The Morgan fingerprint density at radius 3 is 2.35 bits per heavy atom. The molecule has 0 saturated carbocycles. The van der Waals surface area contributed by atoms with Gasteiger partial charge in [-0.3, -0.25) is 4.79 Å². The third-order valence-corrected chi connectivity index (χ3v) is 4.09. The van der Waals surface area contributed by atoms with Gasteiger partial charge in [0.25, 0.3) is 0 Å². The molecule has 0 aliphatic heterocycles. The number of carbonyl (C=O) groups is 1. The topological polar surface area (TPSA) is 63.3 Å². The van der Waals surface area contributed by atoms with E-state index in [0.717, 1.165) is 27.5 Å². The highest BCUT2D eigenvalue weighted by Crippen LogP contribution is 2.32. The number of nitrogen functional groups attached to an aromatic ring is 1. The van der Waals surface area contributed by atoms with Gasteiger partial charge in [0.15, 0.2) is 0 Å². The summed E-state index contributed by atoms with van der Waals surface area (Å²) in [6.45, 7) is 2.10. The van der Waals surface area contributed by atoms with Gasteiger partial charge in [-0.05, 0) is 41.8 Å². The number of hydrogen-bond donors (Lipinski definition) is 2. The Morgan fingerprint density at radius 2 is 1.80 bits per heavy atom. The largest absolute Gasteiger partial charge is 0.481 e. The third-order valence-electron chi connectivity index (χ3n) is 2.99. The molecule has 0 bridgehead atoms. The Bertz CT molecular complexity index is 608. The fourth-order valence-electron chi connectivity index (χ4n) is 1.89. The second kappa shape index (κ2) is 6.48. The lowest BCUT2D eigenvalue weighted by Crippen LogP contribution is -1.99. The lowest BCUT2D eigenvalue weighted by atomic mass is 10.1. The molecule has 2 rings (SSSR count). The molecule has 4 heteroatoms. The molecule has 0 saturated heterocycles. The average Bonchev–Trinajstić information content (AvgIpc) is 2.42. The maximum Gasteiger partial charge on any atom is 0.307 e. The molecule has 0 heterocycles. The second-order valence-corrected chi connectivity index (χ2v) is 5.66. The van der Waals surface area contributed by atoms with Crippen LogP contribution in [0.5, 0.6) is 0 Å². The van der Waals surface area contributed by atoms with Crippen molar-refractivity contribution in [1.29, 1.82) is 0 Å². The average molecular weight is 287 g/mol. The van der Waals surface area contributed by atoms with Gasteiger partial charge in [-0.1, -0.05) is 36.9 Å². The first-order chi connectivity index (χ1) is 9.58. The Labute approximate surface area is 122 Å². The number of aliphatic carboxylic acids is 1. The number of nitrogens with two attached hydrogens (primary N) is 1. The lowest BCUT2D eigenvalue weighted by molar-refractivity contribution is -0.136. The third kappa shape index (κ3) is 3.78. The molecule has 0 spiro atoms. The van der Waals surface area contributed by atoms with E-state index in [4.69, 9.17) is 10.8 Å². The molecule has 104 valence electrons. The molecular weight excluding hydrogens is 270 g/mol. The first kappa shape index (κ1) is 14.5. The van der Waals surface area contributed by atoms with Crippen LogP contribution in [0.2, 0.25) is 0 Å². The number of carboxylic acid groups (broad SMARTS) is 1. The number of aryl methyl sites for hydroxylation is 1. The summed E-state index contributed by atoms with van der Waals surface area (Å²) in [6, 6.07) is 13.6. The summed E-state index contributed by atoms with van der Waals surface area (Å²) in [5.41, 5.74) is 8.85. The minimum Gasteiger partial charge on any atom is -0.481 e. The zero-order chi connectivity index (χ0) is 14.5. The van der Waals surface area contributed by atoms with Crippen LogP contribution >= 0.6 is 11.8 Å². The van der Waals surface area contributed by atoms with Crippen LogP contribution in [0.4, 0.5) is 5.69 Å². The molecule has 3 nitrogen and oxygen atoms in total. The number of anilines is 1. The first-order valence-corrected chi connectivity index (χ1v) is 7.27. The van der Waals surface area contributed by atoms with Crippen LogP contribution in [0, 0.1) is 0 Å². The van der Waals surface area contributed by atoms with Crippen LogP contribution in [-0.4, -0.2) is 11.1 Å². The first-order valence-electron chi connectivity index (χ1n) is 6.45. The van der Waals surface area contributed by atoms with Crippen molar-refractivity contribution < 1.29 is 9.90 Å². The van der Waals surface area contributed by atoms with Gasteiger partial charge in [-0.2, -0.15) is 0 Å². The summed E-state index contributed by atoms with van der Waals surface area (Å²) in [4.78, 5) is 12.7. The van der Waals surface area contributed by atoms with Crippen molar-refractivity contribution >= 4 is 23.4 Å². The molecule has 20 heavy (non-hydrogen) atoms. The minimum absolute atomic E-state index is 0.0539. The van der Waals surface area contributed by atoms with Crippen LogP contribution in [0.15, 0.2) is 52.3 Å². The lowest BCUT2D eigenvalue weighted by Gasteiger charge is -2.07. The molecule has 0 amide bonds. The maximum atomic E-state index is 10.6. The highest BCUT2D eigenvalue weighted by atomic mass is 32.2. The molecule has 0 aromatic heterocycles. The van der Waals surface area contributed by atoms with Gasteiger partial charge in [0.05, 0.1) is 6.42 Å². The number of hydrogen-bond acceptors (Lipinski definition) is 3. The van der Waals surface area contributed by atoms with E-state index in [1.165, 1.54) is 5.56 Å². The molecule has 0 atom stereocenters. The van der Waals surface area contributed by atoms with Crippen LogP contribution in [-0.2, 0) is 17.6 Å². The SMILES string of the molecule is CCc1ccc(Sc2ccc(CC(=O)O)cc2)c(N)c1. The minimum atomic E-state index is -0.815. The van der Waals surface area contributed by atoms with Crippen LogP contribution in [0.3, 0.4) is 0 Å². The smallest absolute Gasteiger partial charge is 0.307 e. The zero-order valence-electron chi connectivity index (χ0n) is 11.3. The van der Waals surface area contributed by atoms with E-state index in [-0.39, 0.29) is 6.42 Å². The van der Waals surface area contributed by atoms with Gasteiger partial charge >= 0.3 is 5.97 Å². The van der Waals surface area contributed by atoms with Crippen molar-refractivity contribution in [2.24, 2.45) is 0 Å². The highest BCUT2D eigenvalue weighted by molar-refractivity contribution is 7.99. The predicted octanol–water partition coefficient (Wildman–Crippen LogP) is 3.61. The predicted molar refractivity (Wildman–Crippen MR) is 82.1 cm³/mol. The van der Waals surface area contributed by atoms with Crippen molar-refractivity contribution in [2.75, 3.05) is 5.73 Å². The van der Waals surface area contributed by atoms with E-state index >= 15 is 0 Å². The van der Waals surface area contributed by atoms with Crippen molar-refractivity contribution in [3.05, 3.63) is 53.6 Å². The monoisotopic (exact) mass is 287 g/mol. The van der Waals surface area contributed by atoms with E-state index < -0.39 is 5.97 Å². The van der Waals surface area contributed by atoms with Gasteiger partial charge in [0.2, 0.25) is 0 Å². The van der Waals surface area contributed by atoms with E-state index in [2.05, 4.69) is 13.0 Å². The van der Waals surface area contributed by atoms with Crippen molar-refractivity contribution in [3.8, 4) is 0 Å². The van der Waals surface area contributed by atoms with Crippen LogP contribution in [0.1, 0.15) is 18.1 Å². The van der Waals surface area contributed by atoms with E-state index in [9.17, 15) is 4.79 Å². The fraction of sp³-hybridized carbons (Fsp3) is 0.188. The Hall–Kier alpha value is -1.94. The Morgan fingerprint density at radius 1 is 1.15 bits per heavy atom. The summed E-state index contributed by atoms with van der Waals surface area (Å²) in [7, 11) is 0. The number of benzene rings is 2. The van der Waals surface area contributed by atoms with Gasteiger partial charge < -0.3 is 10.8 Å².